The number of benzene rings is 1. The molecule has 1 heterocycles. The van der Waals surface area contributed by atoms with Crippen LogP contribution in [0.1, 0.15) is 33.2 Å². The lowest BCUT2D eigenvalue weighted by atomic mass is 9.95. The fourth-order valence-electron chi connectivity index (χ4n) is 2.27. The van der Waals surface area contributed by atoms with Gasteiger partial charge in [-0.15, -0.1) is 22.9 Å². The van der Waals surface area contributed by atoms with Crippen LogP contribution in [0.25, 0.3) is 0 Å². The Morgan fingerprint density at radius 3 is 2.06 bits per heavy atom. The van der Waals surface area contributed by atoms with Crippen LogP contribution < -0.4 is 0 Å². The zero-order chi connectivity index (χ0) is 13.4. The van der Waals surface area contributed by atoms with Gasteiger partial charge in [0, 0.05) is 5.56 Å². The Hall–Kier alpha value is 0.170. The van der Waals surface area contributed by atoms with Gasteiger partial charge in [0.2, 0.25) is 0 Å². The molecule has 0 amide bonds. The van der Waals surface area contributed by atoms with Crippen LogP contribution >= 0.6 is 54.8 Å². The molecular weight excluding hydrogens is 395 g/mol. The van der Waals surface area contributed by atoms with E-state index in [0.29, 0.717) is 0 Å². The number of aryl methyl sites for hydroxylation is 3. The van der Waals surface area contributed by atoms with Gasteiger partial charge in [0.25, 0.3) is 0 Å². The molecule has 0 saturated heterocycles. The highest BCUT2D eigenvalue weighted by Crippen LogP contribution is 2.42. The van der Waals surface area contributed by atoms with E-state index in [1.165, 1.54) is 22.3 Å². The van der Waals surface area contributed by atoms with Gasteiger partial charge in [-0.1, -0.05) is 17.7 Å². The van der Waals surface area contributed by atoms with Crippen molar-refractivity contribution < 1.29 is 0 Å². The molecule has 1 unspecified atom stereocenters. The molecule has 0 nitrogen and oxygen atoms in total. The van der Waals surface area contributed by atoms with E-state index < -0.39 is 0 Å². The van der Waals surface area contributed by atoms with E-state index in [-0.39, 0.29) is 5.38 Å². The Morgan fingerprint density at radius 2 is 1.61 bits per heavy atom. The van der Waals surface area contributed by atoms with Gasteiger partial charge in [-0.05, 0) is 75.4 Å². The summed E-state index contributed by atoms with van der Waals surface area (Å²) in [6.07, 6.45) is 0. The van der Waals surface area contributed by atoms with Gasteiger partial charge in [-0.2, -0.15) is 0 Å². The van der Waals surface area contributed by atoms with Crippen molar-refractivity contribution in [1.82, 2.24) is 0 Å². The molecule has 4 heteroatoms. The summed E-state index contributed by atoms with van der Waals surface area (Å²) >= 11 is 15.4. The Labute approximate surface area is 134 Å². The van der Waals surface area contributed by atoms with Crippen LogP contribution in [-0.2, 0) is 0 Å². The average molecular weight is 409 g/mol. The highest BCUT2D eigenvalue weighted by molar-refractivity contribution is 9.12. The lowest BCUT2D eigenvalue weighted by molar-refractivity contribution is 1.08. The Morgan fingerprint density at radius 1 is 1.06 bits per heavy atom. The van der Waals surface area contributed by atoms with Crippen molar-refractivity contribution in [3.63, 3.8) is 0 Å². The summed E-state index contributed by atoms with van der Waals surface area (Å²) in [5, 5.41) is -0.109. The normalized spacial score (nSPS) is 12.8. The Bertz CT molecular complexity index is 566. The highest BCUT2D eigenvalue weighted by atomic mass is 79.9. The molecule has 18 heavy (non-hydrogen) atoms. The summed E-state index contributed by atoms with van der Waals surface area (Å²) < 4.78 is 2.19. The van der Waals surface area contributed by atoms with E-state index in [2.05, 4.69) is 70.8 Å². The molecule has 1 aromatic heterocycles. The van der Waals surface area contributed by atoms with Gasteiger partial charge in [0.05, 0.1) is 12.9 Å². The molecule has 1 atom stereocenters. The summed E-state index contributed by atoms with van der Waals surface area (Å²) in [6.45, 7) is 6.37. The van der Waals surface area contributed by atoms with Crippen LogP contribution in [0.15, 0.2) is 25.8 Å². The second-order valence-corrected chi connectivity index (χ2v) is 8.64. The van der Waals surface area contributed by atoms with Gasteiger partial charge in [0.15, 0.2) is 0 Å². The number of alkyl halides is 1. The molecule has 0 saturated carbocycles. The molecule has 0 radical (unpaired) electrons. The first-order valence-corrected chi connectivity index (χ1v) is 8.40. The largest absolute Gasteiger partial charge is 0.121 e. The zero-order valence-corrected chi connectivity index (χ0v) is 15.1. The standard InChI is InChI=1S/C14H13Br2ClS/c1-7-4-8(2)12(9(3)5-7)13(17)10-6-11(15)18-14(10)16/h4-6,13H,1-3H3. The van der Waals surface area contributed by atoms with Crippen molar-refractivity contribution in [2.45, 2.75) is 26.1 Å². The summed E-state index contributed by atoms with van der Waals surface area (Å²) in [6, 6.07) is 6.46. The average Bonchev–Trinajstić information content (AvgIpc) is 2.56. The molecule has 0 bridgehead atoms. The number of rotatable bonds is 2. The number of halogens is 3. The maximum Gasteiger partial charge on any atom is 0.0860 e. The monoisotopic (exact) mass is 406 g/mol. The molecule has 1 aromatic carbocycles. The lowest BCUT2D eigenvalue weighted by Crippen LogP contribution is -2.00. The number of hydrogen-bond acceptors (Lipinski definition) is 1. The molecule has 0 fully saturated rings. The van der Waals surface area contributed by atoms with E-state index in [1.807, 2.05) is 0 Å². The highest BCUT2D eigenvalue weighted by Gasteiger charge is 2.20. The minimum atomic E-state index is -0.109. The first-order valence-electron chi connectivity index (χ1n) is 5.56. The molecule has 0 aliphatic heterocycles. The topological polar surface area (TPSA) is 0 Å². The van der Waals surface area contributed by atoms with Crippen molar-refractivity contribution in [3.8, 4) is 0 Å². The minimum Gasteiger partial charge on any atom is -0.121 e. The predicted octanol–water partition coefficient (Wildman–Crippen LogP) is 6.53. The lowest BCUT2D eigenvalue weighted by Gasteiger charge is -2.16. The van der Waals surface area contributed by atoms with Gasteiger partial charge in [-0.25, -0.2) is 0 Å². The van der Waals surface area contributed by atoms with Crippen molar-refractivity contribution in [2.24, 2.45) is 0 Å². The van der Waals surface area contributed by atoms with Crippen LogP contribution in [-0.4, -0.2) is 0 Å². The second kappa shape index (κ2) is 5.66. The first kappa shape index (κ1) is 14.6. The van der Waals surface area contributed by atoms with Crippen molar-refractivity contribution >= 4 is 54.8 Å². The molecule has 2 aromatic rings. The summed E-state index contributed by atoms with van der Waals surface area (Å²) in [5.41, 5.74) is 6.13. The first-order chi connectivity index (χ1) is 8.40. The molecule has 0 N–H and O–H groups in total. The van der Waals surface area contributed by atoms with Crippen LogP contribution in [0.2, 0.25) is 0 Å². The predicted molar refractivity (Wildman–Crippen MR) is 88.1 cm³/mol. The van der Waals surface area contributed by atoms with E-state index >= 15 is 0 Å². The SMILES string of the molecule is Cc1cc(C)c(C(Cl)c2cc(Br)sc2Br)c(C)c1. The molecule has 2 rings (SSSR count). The van der Waals surface area contributed by atoms with Crippen LogP contribution in [0.3, 0.4) is 0 Å². The van der Waals surface area contributed by atoms with Gasteiger partial charge >= 0.3 is 0 Å². The second-order valence-electron chi connectivity index (χ2n) is 4.45. The van der Waals surface area contributed by atoms with Gasteiger partial charge in [-0.3, -0.25) is 0 Å². The van der Waals surface area contributed by atoms with Crippen LogP contribution in [0.4, 0.5) is 0 Å². The summed E-state index contributed by atoms with van der Waals surface area (Å²) in [7, 11) is 0. The van der Waals surface area contributed by atoms with Gasteiger partial charge < -0.3 is 0 Å². The maximum absolute atomic E-state index is 6.67. The molecule has 0 spiro atoms. The minimum absolute atomic E-state index is 0.109. The van der Waals surface area contributed by atoms with E-state index in [1.54, 1.807) is 11.3 Å². The fraction of sp³-hybridized carbons (Fsp3) is 0.286. The number of hydrogen-bond donors (Lipinski definition) is 0. The van der Waals surface area contributed by atoms with Crippen LogP contribution in [0, 0.1) is 20.8 Å². The zero-order valence-electron chi connectivity index (χ0n) is 10.4. The van der Waals surface area contributed by atoms with Crippen molar-refractivity contribution in [2.75, 3.05) is 0 Å². The summed E-state index contributed by atoms with van der Waals surface area (Å²) in [4.78, 5) is 0. The van der Waals surface area contributed by atoms with Crippen molar-refractivity contribution in [1.29, 1.82) is 0 Å². The van der Waals surface area contributed by atoms with Crippen LogP contribution in [0.5, 0.6) is 0 Å². The van der Waals surface area contributed by atoms with E-state index in [0.717, 1.165) is 13.1 Å². The molecular formula is C14H13Br2ClS. The van der Waals surface area contributed by atoms with Gasteiger partial charge in [0.1, 0.15) is 0 Å². The van der Waals surface area contributed by atoms with Crippen molar-refractivity contribution in [3.05, 3.63) is 53.6 Å². The number of thiophene rings is 1. The third-order valence-electron chi connectivity index (χ3n) is 2.95. The summed E-state index contributed by atoms with van der Waals surface area (Å²) in [5.74, 6) is 0. The fourth-order valence-corrected chi connectivity index (χ4v) is 5.89. The van der Waals surface area contributed by atoms with E-state index in [4.69, 9.17) is 11.6 Å². The Kier molecular flexibility index (Phi) is 4.58. The molecule has 0 aliphatic carbocycles. The molecule has 96 valence electrons. The molecule has 0 aliphatic rings. The third-order valence-corrected chi connectivity index (χ3v) is 5.79. The third kappa shape index (κ3) is 2.84. The quantitative estimate of drug-likeness (QED) is 0.496. The van der Waals surface area contributed by atoms with E-state index in [9.17, 15) is 0 Å². The Balaban J connectivity index is 2.52. The smallest absolute Gasteiger partial charge is 0.0860 e. The maximum atomic E-state index is 6.67.